The summed E-state index contributed by atoms with van der Waals surface area (Å²) in [6, 6.07) is 8.99. The third kappa shape index (κ3) is 2.46. The summed E-state index contributed by atoms with van der Waals surface area (Å²) in [4.78, 5) is 4.77. The average molecular weight is 291 g/mol. The van der Waals surface area contributed by atoms with Crippen molar-refractivity contribution in [1.82, 2.24) is 9.55 Å². The Morgan fingerprint density at radius 3 is 2.90 bits per heavy atom. The molecule has 0 saturated heterocycles. The molecule has 1 aromatic heterocycles. The second kappa shape index (κ2) is 5.77. The van der Waals surface area contributed by atoms with Crippen molar-refractivity contribution < 1.29 is 0 Å². The zero-order chi connectivity index (χ0) is 14.1. The second-order valence-electron chi connectivity index (χ2n) is 6.04. The fraction of sp³-hybridized carbons (Fsp3) is 0.588. The second-order valence-corrected chi connectivity index (χ2v) is 6.69. The Hall–Kier alpha value is -1.02. The fourth-order valence-electron chi connectivity index (χ4n) is 3.60. The highest BCUT2D eigenvalue weighted by Gasteiger charge is 2.26. The van der Waals surface area contributed by atoms with Gasteiger partial charge in [0.2, 0.25) is 0 Å². The van der Waals surface area contributed by atoms with E-state index in [1.165, 1.54) is 37.6 Å². The van der Waals surface area contributed by atoms with Crippen LogP contribution in [0.15, 0.2) is 24.3 Å². The SMILES string of the molecule is CCC1CCCC(n2c(C(C)Cl)nc3ccccc32)C1. The number of hydrogen-bond acceptors (Lipinski definition) is 1. The van der Waals surface area contributed by atoms with Crippen molar-refractivity contribution in [1.29, 1.82) is 0 Å². The van der Waals surface area contributed by atoms with Crippen molar-refractivity contribution in [3.8, 4) is 0 Å². The zero-order valence-corrected chi connectivity index (χ0v) is 13.1. The molecule has 108 valence electrons. The lowest BCUT2D eigenvalue weighted by molar-refractivity contribution is 0.261. The van der Waals surface area contributed by atoms with Crippen LogP contribution in [-0.2, 0) is 0 Å². The Balaban J connectivity index is 2.06. The summed E-state index contributed by atoms with van der Waals surface area (Å²) in [5.41, 5.74) is 2.32. The first-order valence-electron chi connectivity index (χ1n) is 7.81. The van der Waals surface area contributed by atoms with Crippen molar-refractivity contribution >= 4 is 22.6 Å². The molecule has 3 atom stereocenters. The minimum atomic E-state index is -0.0376. The van der Waals surface area contributed by atoms with Crippen LogP contribution in [0.25, 0.3) is 11.0 Å². The van der Waals surface area contributed by atoms with E-state index >= 15 is 0 Å². The molecule has 20 heavy (non-hydrogen) atoms. The Kier molecular flexibility index (Phi) is 4.02. The molecule has 0 spiro atoms. The molecule has 1 aliphatic rings. The van der Waals surface area contributed by atoms with E-state index in [0.29, 0.717) is 6.04 Å². The van der Waals surface area contributed by atoms with Gasteiger partial charge < -0.3 is 4.57 Å². The van der Waals surface area contributed by atoms with Gasteiger partial charge >= 0.3 is 0 Å². The van der Waals surface area contributed by atoms with E-state index < -0.39 is 0 Å². The largest absolute Gasteiger partial charge is 0.324 e. The van der Waals surface area contributed by atoms with E-state index in [1.807, 2.05) is 6.92 Å². The van der Waals surface area contributed by atoms with E-state index in [2.05, 4.69) is 35.8 Å². The number of halogens is 1. The van der Waals surface area contributed by atoms with Gasteiger partial charge in [0.05, 0.1) is 16.4 Å². The Morgan fingerprint density at radius 2 is 2.15 bits per heavy atom. The monoisotopic (exact) mass is 290 g/mol. The first-order chi connectivity index (χ1) is 9.70. The molecule has 3 heteroatoms. The van der Waals surface area contributed by atoms with Gasteiger partial charge in [-0.2, -0.15) is 0 Å². The number of hydrogen-bond donors (Lipinski definition) is 0. The molecule has 0 bridgehead atoms. The third-order valence-corrected chi connectivity index (χ3v) is 4.87. The van der Waals surface area contributed by atoms with Crippen molar-refractivity contribution in [2.24, 2.45) is 5.92 Å². The first-order valence-corrected chi connectivity index (χ1v) is 8.25. The van der Waals surface area contributed by atoms with Gasteiger partial charge in [-0.25, -0.2) is 4.98 Å². The number of rotatable bonds is 3. The molecule has 1 fully saturated rings. The molecule has 1 saturated carbocycles. The quantitative estimate of drug-likeness (QED) is 0.685. The van der Waals surface area contributed by atoms with E-state index in [0.717, 1.165) is 17.3 Å². The maximum absolute atomic E-state index is 6.39. The van der Waals surface area contributed by atoms with Crippen LogP contribution in [0, 0.1) is 5.92 Å². The normalized spacial score (nSPS) is 24.9. The van der Waals surface area contributed by atoms with E-state index in [-0.39, 0.29) is 5.38 Å². The maximum atomic E-state index is 6.39. The van der Waals surface area contributed by atoms with Gasteiger partial charge in [0.1, 0.15) is 5.82 Å². The van der Waals surface area contributed by atoms with E-state index in [1.54, 1.807) is 0 Å². The van der Waals surface area contributed by atoms with Crippen molar-refractivity contribution in [2.75, 3.05) is 0 Å². The van der Waals surface area contributed by atoms with Crippen LogP contribution < -0.4 is 0 Å². The van der Waals surface area contributed by atoms with Crippen molar-refractivity contribution in [3.63, 3.8) is 0 Å². The van der Waals surface area contributed by atoms with Crippen LogP contribution in [0.4, 0.5) is 0 Å². The predicted octanol–water partition coefficient (Wildman–Crippen LogP) is 5.48. The summed E-state index contributed by atoms with van der Waals surface area (Å²) in [6.07, 6.45) is 6.52. The number of alkyl halides is 1. The highest BCUT2D eigenvalue weighted by molar-refractivity contribution is 6.20. The number of para-hydroxylation sites is 2. The summed E-state index contributed by atoms with van der Waals surface area (Å²) in [7, 11) is 0. The van der Waals surface area contributed by atoms with E-state index in [4.69, 9.17) is 16.6 Å². The predicted molar refractivity (Wildman–Crippen MR) is 85.3 cm³/mol. The molecule has 2 aromatic rings. The lowest BCUT2D eigenvalue weighted by Gasteiger charge is -2.31. The van der Waals surface area contributed by atoms with Gasteiger partial charge in [0.15, 0.2) is 0 Å². The summed E-state index contributed by atoms with van der Waals surface area (Å²) in [6.45, 7) is 4.34. The number of fused-ring (bicyclic) bond motifs is 1. The highest BCUT2D eigenvalue weighted by Crippen LogP contribution is 2.38. The number of imidazole rings is 1. The lowest BCUT2D eigenvalue weighted by atomic mass is 9.84. The van der Waals surface area contributed by atoms with Gasteiger partial charge in [-0.1, -0.05) is 38.3 Å². The Bertz CT molecular complexity index is 588. The van der Waals surface area contributed by atoms with Crippen LogP contribution in [-0.4, -0.2) is 9.55 Å². The van der Waals surface area contributed by atoms with Crippen LogP contribution in [0.1, 0.15) is 63.2 Å². The Morgan fingerprint density at radius 1 is 1.35 bits per heavy atom. The highest BCUT2D eigenvalue weighted by atomic mass is 35.5. The van der Waals surface area contributed by atoms with Crippen molar-refractivity contribution in [2.45, 2.75) is 57.4 Å². The van der Waals surface area contributed by atoms with Gasteiger partial charge in [-0.3, -0.25) is 0 Å². The number of aromatic nitrogens is 2. The van der Waals surface area contributed by atoms with Crippen LogP contribution >= 0.6 is 11.6 Å². The molecule has 1 aromatic carbocycles. The van der Waals surface area contributed by atoms with Crippen LogP contribution in [0.5, 0.6) is 0 Å². The van der Waals surface area contributed by atoms with E-state index in [9.17, 15) is 0 Å². The summed E-state index contributed by atoms with van der Waals surface area (Å²) >= 11 is 6.39. The summed E-state index contributed by atoms with van der Waals surface area (Å²) in [5.74, 6) is 1.89. The molecule has 2 nitrogen and oxygen atoms in total. The van der Waals surface area contributed by atoms with Crippen LogP contribution in [0.3, 0.4) is 0 Å². The minimum Gasteiger partial charge on any atom is -0.324 e. The molecule has 0 aliphatic heterocycles. The lowest BCUT2D eigenvalue weighted by Crippen LogP contribution is -2.20. The van der Waals surface area contributed by atoms with Gasteiger partial charge in [0.25, 0.3) is 0 Å². The topological polar surface area (TPSA) is 17.8 Å². The smallest absolute Gasteiger partial charge is 0.127 e. The molecular formula is C17H23ClN2. The first kappa shape index (κ1) is 13.9. The van der Waals surface area contributed by atoms with Gasteiger partial charge in [-0.05, 0) is 37.8 Å². The van der Waals surface area contributed by atoms with Crippen molar-refractivity contribution in [3.05, 3.63) is 30.1 Å². The summed E-state index contributed by atoms with van der Waals surface area (Å²) < 4.78 is 2.43. The molecule has 1 aliphatic carbocycles. The Labute approximate surface area is 126 Å². The molecule has 1 heterocycles. The minimum absolute atomic E-state index is 0.0376. The van der Waals surface area contributed by atoms with Crippen LogP contribution in [0.2, 0.25) is 0 Å². The fourth-order valence-corrected chi connectivity index (χ4v) is 3.75. The molecule has 3 rings (SSSR count). The molecule has 0 N–H and O–H groups in total. The molecular weight excluding hydrogens is 268 g/mol. The summed E-state index contributed by atoms with van der Waals surface area (Å²) in [5, 5.41) is -0.0376. The van der Waals surface area contributed by atoms with Gasteiger partial charge in [0, 0.05) is 6.04 Å². The molecule has 0 amide bonds. The third-order valence-electron chi connectivity index (χ3n) is 4.68. The number of nitrogens with zero attached hydrogens (tertiary/aromatic N) is 2. The molecule has 3 unspecified atom stereocenters. The standard InChI is InChI=1S/C17H23ClN2/c1-3-13-7-6-8-14(11-13)20-16-10-5-4-9-15(16)19-17(20)12(2)18/h4-5,9-10,12-14H,3,6-8,11H2,1-2H3. The van der Waals surface area contributed by atoms with Gasteiger partial charge in [-0.15, -0.1) is 11.6 Å². The zero-order valence-electron chi connectivity index (χ0n) is 12.3. The molecule has 0 radical (unpaired) electrons. The average Bonchev–Trinajstić information content (AvgIpc) is 2.87. The maximum Gasteiger partial charge on any atom is 0.127 e. The number of benzene rings is 1.